The lowest BCUT2D eigenvalue weighted by molar-refractivity contribution is -0.192. The second-order valence-corrected chi connectivity index (χ2v) is 8.79. The highest BCUT2D eigenvalue weighted by atomic mass is 19.4. The van der Waals surface area contributed by atoms with Crippen molar-refractivity contribution >= 4 is 23.6 Å². The first-order chi connectivity index (χ1) is 16.4. The number of nitrogens with two attached hydrogens (primary N) is 1. The smallest absolute Gasteiger partial charge is 0.475 e. The van der Waals surface area contributed by atoms with E-state index in [-0.39, 0.29) is 37.6 Å². The minimum absolute atomic E-state index is 0.137. The van der Waals surface area contributed by atoms with E-state index in [1.54, 1.807) is 0 Å². The van der Waals surface area contributed by atoms with Crippen LogP contribution in [0.1, 0.15) is 44.6 Å². The highest BCUT2D eigenvalue weighted by Gasteiger charge is 2.56. The molecule has 194 valence electrons. The van der Waals surface area contributed by atoms with E-state index in [4.69, 9.17) is 20.4 Å². The molecule has 1 aromatic rings. The van der Waals surface area contributed by atoms with E-state index in [0.29, 0.717) is 19.6 Å². The van der Waals surface area contributed by atoms with Gasteiger partial charge in [-0.1, -0.05) is 30.3 Å². The van der Waals surface area contributed by atoms with Gasteiger partial charge in [-0.2, -0.15) is 13.2 Å². The molecule has 9 nitrogen and oxygen atoms in total. The Hall–Kier alpha value is -2.99. The number of carbonyl (C=O) groups excluding carboxylic acids is 3. The first kappa shape index (κ1) is 28.2. The van der Waals surface area contributed by atoms with Crippen LogP contribution >= 0.6 is 0 Å². The maximum atomic E-state index is 13.1. The zero-order chi connectivity index (χ0) is 26.3. The van der Waals surface area contributed by atoms with Crippen LogP contribution in [-0.2, 0) is 25.7 Å². The van der Waals surface area contributed by atoms with Crippen LogP contribution in [0.3, 0.4) is 0 Å². The number of piperidine rings is 1. The van der Waals surface area contributed by atoms with Crippen LogP contribution in [0.4, 0.5) is 18.0 Å². The van der Waals surface area contributed by atoms with Gasteiger partial charge in [0.05, 0.1) is 18.8 Å². The van der Waals surface area contributed by atoms with Crippen molar-refractivity contribution in [2.75, 3.05) is 19.7 Å². The zero-order valence-electron chi connectivity index (χ0n) is 19.4. The summed E-state index contributed by atoms with van der Waals surface area (Å²) in [6.07, 6.45) is -2.68. The molecular weight excluding hydrogens is 471 g/mol. The van der Waals surface area contributed by atoms with Gasteiger partial charge in [0, 0.05) is 25.9 Å². The number of ether oxygens (including phenoxy) is 1. The predicted octanol–water partition coefficient (Wildman–Crippen LogP) is 2.42. The molecule has 1 aliphatic heterocycles. The van der Waals surface area contributed by atoms with Crippen molar-refractivity contribution in [2.45, 2.75) is 62.9 Å². The van der Waals surface area contributed by atoms with Crippen LogP contribution in [0.25, 0.3) is 0 Å². The van der Waals surface area contributed by atoms with E-state index in [2.05, 4.69) is 5.32 Å². The second-order valence-electron chi connectivity index (χ2n) is 8.79. The molecule has 1 aromatic carbocycles. The van der Waals surface area contributed by atoms with Gasteiger partial charge in [-0.05, 0) is 31.7 Å². The standard InChI is InChI=1S/C21H29N3O4.C2HF3O2/c1-20(14-22,15-28-13-16-7-3-2-4-8-16)23-19(27)24-12-6-5-11-21(24)17(25)9-10-18(21)26;3-2(4,5)1(6)7/h2-4,7-8H,5-6,9-15,22H2,1H3,(H,23,27);(H,6,7)/t20-;/m1./s1. The minimum atomic E-state index is -5.08. The largest absolute Gasteiger partial charge is 0.490 e. The predicted molar refractivity (Wildman–Crippen MR) is 118 cm³/mol. The molecule has 0 bridgehead atoms. The van der Waals surface area contributed by atoms with Gasteiger partial charge >= 0.3 is 18.2 Å². The first-order valence-corrected chi connectivity index (χ1v) is 11.1. The molecular formula is C23H30F3N3O6. The molecule has 1 heterocycles. The maximum absolute atomic E-state index is 13.1. The van der Waals surface area contributed by atoms with E-state index in [1.165, 1.54) is 4.90 Å². The molecule has 12 heteroatoms. The number of benzene rings is 1. The minimum Gasteiger partial charge on any atom is -0.475 e. The topological polar surface area (TPSA) is 139 Å². The Morgan fingerprint density at radius 3 is 2.23 bits per heavy atom. The molecule has 0 aromatic heterocycles. The Balaban J connectivity index is 0.000000540. The third-order valence-electron chi connectivity index (χ3n) is 6.01. The third kappa shape index (κ3) is 7.01. The molecule has 35 heavy (non-hydrogen) atoms. The summed E-state index contributed by atoms with van der Waals surface area (Å²) in [5, 5.41) is 10.0. The summed E-state index contributed by atoms with van der Waals surface area (Å²) >= 11 is 0. The van der Waals surface area contributed by atoms with Crippen molar-refractivity contribution in [3.8, 4) is 0 Å². The first-order valence-electron chi connectivity index (χ1n) is 11.1. The Morgan fingerprint density at radius 1 is 1.14 bits per heavy atom. The number of nitrogens with one attached hydrogen (secondary N) is 1. The van der Waals surface area contributed by atoms with Crippen LogP contribution in [0.2, 0.25) is 0 Å². The Morgan fingerprint density at radius 2 is 1.71 bits per heavy atom. The number of carboxylic acids is 1. The van der Waals surface area contributed by atoms with Crippen LogP contribution in [0, 0.1) is 0 Å². The Kier molecular flexibility index (Phi) is 9.38. The lowest BCUT2D eigenvalue weighted by atomic mass is 9.83. The maximum Gasteiger partial charge on any atom is 0.490 e. The Bertz CT molecular complexity index is 909. The van der Waals surface area contributed by atoms with Crippen molar-refractivity contribution < 1.29 is 42.2 Å². The van der Waals surface area contributed by atoms with Crippen molar-refractivity contribution in [1.29, 1.82) is 0 Å². The molecule has 0 unspecified atom stereocenters. The van der Waals surface area contributed by atoms with E-state index in [1.807, 2.05) is 37.3 Å². The molecule has 3 rings (SSSR count). The number of urea groups is 1. The van der Waals surface area contributed by atoms with Crippen LogP contribution in [0.15, 0.2) is 30.3 Å². The number of nitrogens with zero attached hydrogens (tertiary/aromatic N) is 1. The number of Topliss-reactive ketones (excluding diaryl/α,β-unsaturated/α-hetero) is 2. The summed E-state index contributed by atoms with van der Waals surface area (Å²) in [4.78, 5) is 48.5. The number of ketones is 2. The molecule has 1 aliphatic carbocycles. The average molecular weight is 502 g/mol. The molecule has 0 radical (unpaired) electrons. The van der Waals surface area contributed by atoms with Gasteiger partial charge in [-0.3, -0.25) is 9.59 Å². The monoisotopic (exact) mass is 501 g/mol. The van der Waals surface area contributed by atoms with Crippen LogP contribution < -0.4 is 11.1 Å². The third-order valence-corrected chi connectivity index (χ3v) is 6.01. The quantitative estimate of drug-likeness (QED) is 0.509. The van der Waals surface area contributed by atoms with Crippen LogP contribution in [0.5, 0.6) is 0 Å². The number of carbonyl (C=O) groups is 4. The number of likely N-dealkylation sites (tertiary alicyclic amines) is 1. The van der Waals surface area contributed by atoms with Crippen molar-refractivity contribution in [3.05, 3.63) is 35.9 Å². The van der Waals surface area contributed by atoms with Gasteiger partial charge in [0.2, 0.25) is 0 Å². The van der Waals surface area contributed by atoms with Crippen molar-refractivity contribution in [3.63, 3.8) is 0 Å². The lowest BCUT2D eigenvalue weighted by Gasteiger charge is -2.43. The van der Waals surface area contributed by atoms with Gasteiger partial charge in [-0.15, -0.1) is 0 Å². The summed E-state index contributed by atoms with van der Waals surface area (Å²) < 4.78 is 37.5. The van der Waals surface area contributed by atoms with E-state index in [0.717, 1.165) is 18.4 Å². The Labute approximate surface area is 200 Å². The molecule has 1 spiro atoms. The average Bonchev–Trinajstić information content (AvgIpc) is 3.08. The normalized spacial score (nSPS) is 19.1. The fourth-order valence-corrected chi connectivity index (χ4v) is 4.07. The van der Waals surface area contributed by atoms with Gasteiger partial charge < -0.3 is 25.8 Å². The van der Waals surface area contributed by atoms with Gasteiger partial charge in [-0.25, -0.2) is 9.59 Å². The number of halogens is 3. The lowest BCUT2D eigenvalue weighted by Crippen LogP contribution is -2.66. The summed E-state index contributed by atoms with van der Waals surface area (Å²) in [6, 6.07) is 9.33. The molecule has 2 aliphatic rings. The van der Waals surface area contributed by atoms with Crippen LogP contribution in [-0.4, -0.2) is 70.5 Å². The summed E-state index contributed by atoms with van der Waals surface area (Å²) in [6.45, 7) is 3.03. The summed E-state index contributed by atoms with van der Waals surface area (Å²) in [5.41, 5.74) is 4.88. The fraction of sp³-hybridized carbons (Fsp3) is 0.565. The number of aliphatic carboxylic acids is 1. The van der Waals surface area contributed by atoms with E-state index < -0.39 is 29.3 Å². The van der Waals surface area contributed by atoms with Gasteiger partial charge in [0.15, 0.2) is 17.1 Å². The number of rotatable bonds is 6. The highest BCUT2D eigenvalue weighted by molar-refractivity contribution is 6.18. The van der Waals surface area contributed by atoms with E-state index >= 15 is 0 Å². The number of alkyl halides is 3. The number of hydrogen-bond acceptors (Lipinski definition) is 6. The molecule has 2 fully saturated rings. The summed E-state index contributed by atoms with van der Waals surface area (Å²) in [7, 11) is 0. The van der Waals surface area contributed by atoms with Gasteiger partial charge in [0.25, 0.3) is 0 Å². The zero-order valence-corrected chi connectivity index (χ0v) is 19.4. The highest BCUT2D eigenvalue weighted by Crippen LogP contribution is 2.37. The molecule has 1 saturated carbocycles. The number of hydrogen-bond donors (Lipinski definition) is 3. The van der Waals surface area contributed by atoms with E-state index in [9.17, 15) is 27.6 Å². The van der Waals surface area contributed by atoms with Crippen molar-refractivity contribution in [1.82, 2.24) is 10.2 Å². The second kappa shape index (κ2) is 11.6. The molecule has 4 N–H and O–H groups in total. The summed E-state index contributed by atoms with van der Waals surface area (Å²) in [5.74, 6) is -3.03. The number of carboxylic acid groups (broad SMARTS) is 1. The molecule has 1 saturated heterocycles. The SMILES string of the molecule is C[C@@](CN)(COCc1ccccc1)NC(=O)N1CCCCC12C(=O)CCC2=O.O=C(O)C(F)(F)F. The van der Waals surface area contributed by atoms with Crippen molar-refractivity contribution in [2.24, 2.45) is 5.73 Å². The molecule has 2 amide bonds. The fourth-order valence-electron chi connectivity index (χ4n) is 4.07. The van der Waals surface area contributed by atoms with Gasteiger partial charge in [0.1, 0.15) is 0 Å². The molecule has 1 atom stereocenters. The number of amides is 2.